The van der Waals surface area contributed by atoms with Crippen molar-refractivity contribution < 1.29 is 9.90 Å². The molecule has 1 fully saturated rings. The summed E-state index contributed by atoms with van der Waals surface area (Å²) >= 11 is 0. The lowest BCUT2D eigenvalue weighted by Gasteiger charge is -2.21. The number of hydrogen-bond donors (Lipinski definition) is 1. The zero-order chi connectivity index (χ0) is 7.56. The second-order valence-corrected chi connectivity index (χ2v) is 2.69. The quantitative estimate of drug-likeness (QED) is 0.549. The van der Waals surface area contributed by atoms with E-state index in [1.165, 1.54) is 0 Å². The fourth-order valence-electron chi connectivity index (χ4n) is 1.30. The van der Waals surface area contributed by atoms with Crippen molar-refractivity contribution in [3.63, 3.8) is 0 Å². The van der Waals surface area contributed by atoms with Gasteiger partial charge in [0, 0.05) is 5.92 Å². The van der Waals surface area contributed by atoms with Crippen LogP contribution in [0, 0.1) is 5.92 Å². The maximum absolute atomic E-state index is 11.0. The molecule has 0 saturated heterocycles. The molecule has 0 aromatic heterocycles. The SMILES string of the molecule is C=CC1CCCC(O)C1=O. The summed E-state index contributed by atoms with van der Waals surface area (Å²) in [5.74, 6) is -0.148. The van der Waals surface area contributed by atoms with Crippen molar-refractivity contribution in [2.75, 3.05) is 0 Å². The van der Waals surface area contributed by atoms with E-state index < -0.39 is 6.10 Å². The maximum Gasteiger partial charge on any atom is 0.168 e. The topological polar surface area (TPSA) is 37.3 Å². The molecule has 0 spiro atoms. The van der Waals surface area contributed by atoms with Gasteiger partial charge in [0.05, 0.1) is 0 Å². The molecule has 1 saturated carbocycles. The summed E-state index contributed by atoms with van der Waals surface area (Å²) in [6.45, 7) is 3.54. The van der Waals surface area contributed by atoms with Crippen molar-refractivity contribution in [1.29, 1.82) is 0 Å². The maximum atomic E-state index is 11.0. The predicted molar refractivity (Wildman–Crippen MR) is 38.6 cm³/mol. The molecule has 2 heteroatoms. The third kappa shape index (κ3) is 1.27. The second kappa shape index (κ2) is 2.97. The van der Waals surface area contributed by atoms with Crippen LogP contribution in [0.15, 0.2) is 12.7 Å². The van der Waals surface area contributed by atoms with Crippen molar-refractivity contribution in [1.82, 2.24) is 0 Å². The number of aliphatic hydroxyl groups excluding tert-OH is 1. The monoisotopic (exact) mass is 140 g/mol. The van der Waals surface area contributed by atoms with E-state index in [0.717, 1.165) is 12.8 Å². The Labute approximate surface area is 60.6 Å². The Balaban J connectivity index is 2.59. The lowest BCUT2D eigenvalue weighted by atomic mass is 9.86. The van der Waals surface area contributed by atoms with Crippen LogP contribution in [0.2, 0.25) is 0 Å². The largest absolute Gasteiger partial charge is 0.385 e. The lowest BCUT2D eigenvalue weighted by molar-refractivity contribution is -0.132. The van der Waals surface area contributed by atoms with Gasteiger partial charge in [-0.25, -0.2) is 0 Å². The fraction of sp³-hybridized carbons (Fsp3) is 0.625. The van der Waals surface area contributed by atoms with Crippen LogP contribution in [-0.4, -0.2) is 17.0 Å². The first-order valence-corrected chi connectivity index (χ1v) is 3.60. The number of carbonyl (C=O) groups excluding carboxylic acids is 1. The van der Waals surface area contributed by atoms with E-state index in [2.05, 4.69) is 6.58 Å². The molecule has 0 radical (unpaired) electrons. The number of carbonyl (C=O) groups is 1. The fourth-order valence-corrected chi connectivity index (χ4v) is 1.30. The molecule has 2 nitrogen and oxygen atoms in total. The van der Waals surface area contributed by atoms with Crippen LogP contribution in [0.5, 0.6) is 0 Å². The van der Waals surface area contributed by atoms with E-state index >= 15 is 0 Å². The van der Waals surface area contributed by atoms with Crippen LogP contribution in [-0.2, 0) is 4.79 Å². The summed E-state index contributed by atoms with van der Waals surface area (Å²) in [4.78, 5) is 11.0. The Hall–Kier alpha value is -0.630. The minimum absolute atomic E-state index is 0.0544. The van der Waals surface area contributed by atoms with Crippen LogP contribution in [0.3, 0.4) is 0 Å². The highest BCUT2D eigenvalue weighted by atomic mass is 16.3. The molecule has 1 rings (SSSR count). The van der Waals surface area contributed by atoms with E-state index in [1.54, 1.807) is 6.08 Å². The van der Waals surface area contributed by atoms with Gasteiger partial charge in [-0.15, -0.1) is 6.58 Å². The molecule has 2 atom stereocenters. The third-order valence-corrected chi connectivity index (χ3v) is 1.97. The molecule has 10 heavy (non-hydrogen) atoms. The van der Waals surface area contributed by atoms with Gasteiger partial charge in [0.1, 0.15) is 6.10 Å². The molecule has 0 aromatic rings. The number of aliphatic hydroxyl groups is 1. The number of allylic oxidation sites excluding steroid dienone is 1. The minimum atomic E-state index is -0.725. The van der Waals surface area contributed by atoms with Gasteiger partial charge in [0.25, 0.3) is 0 Å². The van der Waals surface area contributed by atoms with Gasteiger partial charge >= 0.3 is 0 Å². The van der Waals surface area contributed by atoms with E-state index in [-0.39, 0.29) is 11.7 Å². The molecule has 1 N–H and O–H groups in total. The Morgan fingerprint density at radius 3 is 2.80 bits per heavy atom. The average Bonchev–Trinajstić information content (AvgIpc) is 1.95. The average molecular weight is 140 g/mol. The zero-order valence-corrected chi connectivity index (χ0v) is 5.92. The Morgan fingerprint density at radius 2 is 2.30 bits per heavy atom. The molecule has 0 amide bonds. The summed E-state index contributed by atoms with van der Waals surface area (Å²) in [6.07, 6.45) is 3.33. The van der Waals surface area contributed by atoms with Gasteiger partial charge in [-0.1, -0.05) is 6.08 Å². The van der Waals surface area contributed by atoms with Crippen LogP contribution in [0.4, 0.5) is 0 Å². The molecule has 1 aliphatic rings. The van der Waals surface area contributed by atoms with Crippen molar-refractivity contribution in [2.24, 2.45) is 5.92 Å². The van der Waals surface area contributed by atoms with Crippen LogP contribution < -0.4 is 0 Å². The van der Waals surface area contributed by atoms with E-state index in [9.17, 15) is 4.79 Å². The highest BCUT2D eigenvalue weighted by Gasteiger charge is 2.26. The molecule has 0 heterocycles. The Morgan fingerprint density at radius 1 is 1.60 bits per heavy atom. The highest BCUT2D eigenvalue weighted by molar-refractivity contribution is 5.87. The van der Waals surface area contributed by atoms with Crippen molar-refractivity contribution in [3.8, 4) is 0 Å². The first-order valence-electron chi connectivity index (χ1n) is 3.60. The minimum Gasteiger partial charge on any atom is -0.385 e. The van der Waals surface area contributed by atoms with E-state index in [4.69, 9.17) is 5.11 Å². The van der Waals surface area contributed by atoms with Gasteiger partial charge in [-0.05, 0) is 19.3 Å². The number of hydrogen-bond acceptors (Lipinski definition) is 2. The van der Waals surface area contributed by atoms with Gasteiger partial charge in [0.2, 0.25) is 0 Å². The third-order valence-electron chi connectivity index (χ3n) is 1.97. The molecular weight excluding hydrogens is 128 g/mol. The number of ketones is 1. The van der Waals surface area contributed by atoms with Crippen molar-refractivity contribution in [2.45, 2.75) is 25.4 Å². The Bertz CT molecular complexity index is 151. The molecule has 2 unspecified atom stereocenters. The normalized spacial score (nSPS) is 33.9. The van der Waals surface area contributed by atoms with Crippen LogP contribution in [0.25, 0.3) is 0 Å². The van der Waals surface area contributed by atoms with Crippen molar-refractivity contribution in [3.05, 3.63) is 12.7 Å². The van der Waals surface area contributed by atoms with Gasteiger partial charge in [0.15, 0.2) is 5.78 Å². The molecular formula is C8H12O2. The second-order valence-electron chi connectivity index (χ2n) is 2.69. The summed E-state index contributed by atoms with van der Waals surface area (Å²) in [6, 6.07) is 0. The molecule has 56 valence electrons. The van der Waals surface area contributed by atoms with Crippen molar-refractivity contribution >= 4 is 5.78 Å². The summed E-state index contributed by atoms with van der Waals surface area (Å²) < 4.78 is 0. The van der Waals surface area contributed by atoms with Crippen LogP contribution in [0.1, 0.15) is 19.3 Å². The standard InChI is InChI=1S/C8H12O2/c1-2-6-4-3-5-7(9)8(6)10/h2,6-7,9H,1,3-5H2. The Kier molecular flexibility index (Phi) is 2.22. The zero-order valence-electron chi connectivity index (χ0n) is 5.92. The number of Topliss-reactive ketones (excluding diaryl/α,β-unsaturated/α-hetero) is 1. The molecule has 0 aromatic carbocycles. The van der Waals surface area contributed by atoms with Gasteiger partial charge in [-0.3, -0.25) is 4.79 Å². The number of rotatable bonds is 1. The molecule has 1 aliphatic carbocycles. The highest BCUT2D eigenvalue weighted by Crippen LogP contribution is 2.21. The van der Waals surface area contributed by atoms with E-state index in [0.29, 0.717) is 6.42 Å². The molecule has 0 bridgehead atoms. The predicted octanol–water partition coefficient (Wildman–Crippen LogP) is 0.903. The van der Waals surface area contributed by atoms with E-state index in [1.807, 2.05) is 0 Å². The lowest BCUT2D eigenvalue weighted by Crippen LogP contribution is -2.31. The summed E-state index contributed by atoms with van der Waals surface area (Å²) in [7, 11) is 0. The molecule has 0 aliphatic heterocycles. The summed E-state index contributed by atoms with van der Waals surface area (Å²) in [5.41, 5.74) is 0. The van der Waals surface area contributed by atoms with Crippen LogP contribution >= 0.6 is 0 Å². The van der Waals surface area contributed by atoms with Gasteiger partial charge < -0.3 is 5.11 Å². The van der Waals surface area contributed by atoms with Gasteiger partial charge in [-0.2, -0.15) is 0 Å². The first kappa shape index (κ1) is 7.48. The smallest absolute Gasteiger partial charge is 0.168 e. The first-order chi connectivity index (χ1) is 4.75. The summed E-state index contributed by atoms with van der Waals surface area (Å²) in [5, 5.41) is 9.08.